The van der Waals surface area contributed by atoms with Crippen molar-refractivity contribution in [3.8, 4) is 11.5 Å². The second kappa shape index (κ2) is 12.5. The lowest BCUT2D eigenvalue weighted by Crippen LogP contribution is -2.30. The van der Waals surface area contributed by atoms with Crippen LogP contribution in [0.1, 0.15) is 58.9 Å². The Morgan fingerprint density at radius 2 is 1.78 bits per heavy atom. The zero-order valence-electron chi connectivity index (χ0n) is 20.9. The van der Waals surface area contributed by atoms with E-state index in [-0.39, 0.29) is 47.1 Å². The third kappa shape index (κ3) is 7.31. The van der Waals surface area contributed by atoms with E-state index in [0.717, 1.165) is 23.1 Å². The van der Waals surface area contributed by atoms with E-state index in [1.54, 1.807) is 18.2 Å². The Morgan fingerprint density at radius 1 is 1.06 bits per heavy atom. The smallest absolute Gasteiger partial charge is 0.255 e. The molecule has 0 aliphatic carbocycles. The largest absolute Gasteiger partial charge is 0.489 e. The van der Waals surface area contributed by atoms with Crippen LogP contribution in [0.3, 0.4) is 0 Å². The van der Waals surface area contributed by atoms with Crippen LogP contribution in [-0.4, -0.2) is 18.8 Å². The van der Waals surface area contributed by atoms with Gasteiger partial charge in [0.05, 0.1) is 16.6 Å². The molecule has 3 rings (SSSR count). The summed E-state index contributed by atoms with van der Waals surface area (Å²) in [6.07, 6.45) is 1.35. The Labute approximate surface area is 216 Å². The summed E-state index contributed by atoms with van der Waals surface area (Å²) in [5, 5.41) is 3.38. The number of carbonyl (C=O) groups is 2. The fourth-order valence-corrected chi connectivity index (χ4v) is 4.27. The molecule has 36 heavy (non-hydrogen) atoms. The molecule has 3 aromatic rings. The molecular formula is C29H31ClFNO4. The lowest BCUT2D eigenvalue weighted by molar-refractivity contribution is -0.109. The molecule has 0 aromatic heterocycles. The first kappa shape index (κ1) is 27.2. The van der Waals surface area contributed by atoms with Crippen molar-refractivity contribution in [3.63, 3.8) is 0 Å². The van der Waals surface area contributed by atoms with E-state index in [1.807, 2.05) is 13.8 Å². The quantitative estimate of drug-likeness (QED) is 0.288. The van der Waals surface area contributed by atoms with Crippen LogP contribution in [0.5, 0.6) is 11.5 Å². The van der Waals surface area contributed by atoms with Crippen molar-refractivity contribution in [2.45, 2.75) is 46.8 Å². The van der Waals surface area contributed by atoms with Crippen LogP contribution in [0, 0.1) is 25.6 Å². The maximum absolute atomic E-state index is 14.1. The number of benzene rings is 3. The van der Waals surface area contributed by atoms with Crippen LogP contribution in [-0.2, 0) is 11.4 Å². The van der Waals surface area contributed by atoms with Gasteiger partial charge < -0.3 is 14.8 Å². The summed E-state index contributed by atoms with van der Waals surface area (Å²) >= 11 is 6.10. The van der Waals surface area contributed by atoms with Gasteiger partial charge in [-0.3, -0.25) is 9.59 Å². The molecule has 0 spiro atoms. The van der Waals surface area contributed by atoms with E-state index < -0.39 is 5.82 Å². The highest BCUT2D eigenvalue weighted by Gasteiger charge is 2.21. The number of nitrogens with one attached hydrogen (secondary N) is 1. The number of hydrogen-bond acceptors (Lipinski definition) is 4. The first-order valence-corrected chi connectivity index (χ1v) is 12.2. The second-order valence-corrected chi connectivity index (χ2v) is 9.61. The molecule has 0 aliphatic heterocycles. The standard InChI is InChI=1S/C29H31ClFNO4/c1-18(2)12-27(21-14-19(3)13-20(4)15-21)32-29(34)23-16-22(8-9-28(23)35-11-10-33)36-17-24-25(30)6-5-7-26(24)31/h5-10,13-16,18,27H,11-12,17H2,1-4H3,(H,32,34). The third-order valence-electron chi connectivity index (χ3n) is 5.61. The Bertz CT molecular complexity index is 1190. The van der Waals surface area contributed by atoms with Crippen molar-refractivity contribution in [1.29, 1.82) is 0 Å². The van der Waals surface area contributed by atoms with E-state index in [1.165, 1.54) is 18.2 Å². The van der Waals surface area contributed by atoms with Gasteiger partial charge >= 0.3 is 0 Å². The highest BCUT2D eigenvalue weighted by Crippen LogP contribution is 2.29. The molecular weight excluding hydrogens is 481 g/mol. The SMILES string of the molecule is Cc1cc(C)cc(C(CC(C)C)NC(=O)c2cc(OCc3c(F)cccc3Cl)ccc2OCC=O)c1. The lowest BCUT2D eigenvalue weighted by atomic mass is 9.94. The predicted octanol–water partition coefficient (Wildman–Crippen LogP) is 6.77. The molecule has 1 atom stereocenters. The molecule has 0 saturated carbocycles. The summed E-state index contributed by atoms with van der Waals surface area (Å²) in [5.41, 5.74) is 3.69. The number of aldehydes is 1. The number of carbonyl (C=O) groups excluding carboxylic acids is 2. The molecule has 7 heteroatoms. The van der Waals surface area contributed by atoms with Crippen LogP contribution in [0.2, 0.25) is 5.02 Å². The molecule has 3 aromatic carbocycles. The fourth-order valence-electron chi connectivity index (χ4n) is 4.05. The third-order valence-corrected chi connectivity index (χ3v) is 5.96. The molecule has 1 unspecified atom stereocenters. The van der Waals surface area contributed by atoms with Crippen molar-refractivity contribution in [3.05, 3.63) is 93.3 Å². The maximum atomic E-state index is 14.1. The summed E-state index contributed by atoms with van der Waals surface area (Å²) in [5.74, 6) is 0.0814. The second-order valence-electron chi connectivity index (χ2n) is 9.20. The van der Waals surface area contributed by atoms with Gasteiger partial charge in [-0.05, 0) is 62.1 Å². The van der Waals surface area contributed by atoms with Gasteiger partial charge in [0, 0.05) is 5.56 Å². The number of rotatable bonds is 11. The summed E-state index contributed by atoms with van der Waals surface area (Å²) in [4.78, 5) is 24.4. The average Bonchev–Trinajstić information content (AvgIpc) is 2.81. The molecule has 0 aliphatic rings. The van der Waals surface area contributed by atoms with Crippen molar-refractivity contribution < 1.29 is 23.5 Å². The van der Waals surface area contributed by atoms with Crippen molar-refractivity contribution in [2.24, 2.45) is 5.92 Å². The highest BCUT2D eigenvalue weighted by molar-refractivity contribution is 6.31. The molecule has 0 saturated heterocycles. The van der Waals surface area contributed by atoms with Crippen LogP contribution in [0.4, 0.5) is 4.39 Å². The molecule has 0 bridgehead atoms. The Hall–Kier alpha value is -3.38. The predicted molar refractivity (Wildman–Crippen MR) is 139 cm³/mol. The first-order valence-electron chi connectivity index (χ1n) is 11.8. The average molecular weight is 512 g/mol. The van der Waals surface area contributed by atoms with Crippen molar-refractivity contribution in [1.82, 2.24) is 5.32 Å². The van der Waals surface area contributed by atoms with Crippen LogP contribution >= 0.6 is 11.6 Å². The van der Waals surface area contributed by atoms with Gasteiger partial charge in [0.15, 0.2) is 6.29 Å². The molecule has 190 valence electrons. The van der Waals surface area contributed by atoms with E-state index >= 15 is 0 Å². The lowest BCUT2D eigenvalue weighted by Gasteiger charge is -2.23. The zero-order chi connectivity index (χ0) is 26.2. The highest BCUT2D eigenvalue weighted by atomic mass is 35.5. The number of ether oxygens (including phenoxy) is 2. The minimum absolute atomic E-state index is 0.111. The van der Waals surface area contributed by atoms with E-state index in [0.29, 0.717) is 18.0 Å². The summed E-state index contributed by atoms with van der Waals surface area (Å²) in [7, 11) is 0. The molecule has 0 radical (unpaired) electrons. The number of amides is 1. The maximum Gasteiger partial charge on any atom is 0.255 e. The summed E-state index contributed by atoms with van der Waals surface area (Å²) in [6.45, 7) is 7.94. The Kier molecular flexibility index (Phi) is 9.48. The number of hydrogen-bond donors (Lipinski definition) is 1. The van der Waals surface area contributed by atoms with Crippen LogP contribution < -0.4 is 14.8 Å². The van der Waals surface area contributed by atoms with Gasteiger partial charge in [0.25, 0.3) is 5.91 Å². The Balaban J connectivity index is 1.89. The molecule has 0 fully saturated rings. The minimum Gasteiger partial charge on any atom is -0.489 e. The van der Waals surface area contributed by atoms with E-state index in [2.05, 4.69) is 37.4 Å². The van der Waals surface area contributed by atoms with Gasteiger partial charge in [-0.2, -0.15) is 0 Å². The molecule has 5 nitrogen and oxygen atoms in total. The molecule has 1 N–H and O–H groups in total. The summed E-state index contributed by atoms with van der Waals surface area (Å²) < 4.78 is 25.4. The normalized spacial score (nSPS) is 11.8. The minimum atomic E-state index is -0.476. The van der Waals surface area contributed by atoms with Crippen molar-refractivity contribution in [2.75, 3.05) is 6.61 Å². The zero-order valence-corrected chi connectivity index (χ0v) is 21.7. The van der Waals surface area contributed by atoms with Gasteiger partial charge in [0.2, 0.25) is 0 Å². The molecule has 0 heterocycles. The van der Waals surface area contributed by atoms with E-state index in [4.69, 9.17) is 21.1 Å². The Morgan fingerprint density at radius 3 is 2.42 bits per heavy atom. The van der Waals surface area contributed by atoms with Crippen molar-refractivity contribution >= 4 is 23.8 Å². The van der Waals surface area contributed by atoms with Crippen LogP contribution in [0.15, 0.2) is 54.6 Å². The van der Waals surface area contributed by atoms with Gasteiger partial charge in [-0.15, -0.1) is 0 Å². The first-order chi connectivity index (χ1) is 17.2. The van der Waals surface area contributed by atoms with E-state index in [9.17, 15) is 14.0 Å². The number of halogens is 2. The van der Waals surface area contributed by atoms with Gasteiger partial charge in [0.1, 0.15) is 30.5 Å². The number of aryl methyl sites for hydroxylation is 2. The van der Waals surface area contributed by atoms with Gasteiger partial charge in [-0.25, -0.2) is 4.39 Å². The molecule has 1 amide bonds. The topological polar surface area (TPSA) is 64.6 Å². The summed E-state index contributed by atoms with van der Waals surface area (Å²) in [6, 6.07) is 15.1. The fraction of sp³-hybridized carbons (Fsp3) is 0.310. The monoisotopic (exact) mass is 511 g/mol. The van der Waals surface area contributed by atoms with Gasteiger partial charge in [-0.1, -0.05) is 60.8 Å². The van der Waals surface area contributed by atoms with Crippen LogP contribution in [0.25, 0.3) is 0 Å².